The van der Waals surface area contributed by atoms with Gasteiger partial charge in [0.25, 0.3) is 0 Å². The molecule has 1 unspecified atom stereocenters. The number of aromatic nitrogens is 1. The van der Waals surface area contributed by atoms with Crippen LogP contribution >= 0.6 is 0 Å². The van der Waals surface area contributed by atoms with E-state index in [1.165, 1.54) is 6.20 Å². The molecule has 92 valence electrons. The molecule has 2 rings (SSSR count). The highest BCUT2D eigenvalue weighted by Crippen LogP contribution is 2.18. The summed E-state index contributed by atoms with van der Waals surface area (Å²) >= 11 is 0. The average Bonchev–Trinajstić information content (AvgIpc) is 2.83. The van der Waals surface area contributed by atoms with Gasteiger partial charge in [0.2, 0.25) is 0 Å². The van der Waals surface area contributed by atoms with Crippen molar-refractivity contribution in [2.24, 2.45) is 0 Å². The summed E-state index contributed by atoms with van der Waals surface area (Å²) in [7, 11) is 0. The molecule has 17 heavy (non-hydrogen) atoms. The monoisotopic (exact) mass is 234 g/mol. The van der Waals surface area contributed by atoms with E-state index in [1.54, 1.807) is 12.1 Å². The summed E-state index contributed by atoms with van der Waals surface area (Å²) in [5.41, 5.74) is 6.61. The second kappa shape index (κ2) is 5.77. The van der Waals surface area contributed by atoms with Gasteiger partial charge in [0, 0.05) is 13.0 Å². The first-order valence-electron chi connectivity index (χ1n) is 6.12. The van der Waals surface area contributed by atoms with Gasteiger partial charge in [-0.2, -0.15) is 0 Å². The third-order valence-corrected chi connectivity index (χ3v) is 3.03. The standard InChI is InChI=1S/C13H18N2O2/c14-10-6-7-12(15-9-10)13(16)5-1-3-11-4-2-8-17-11/h6-7,9,11H,1-5,8,14H2. The van der Waals surface area contributed by atoms with Crippen LogP contribution in [-0.2, 0) is 4.74 Å². The van der Waals surface area contributed by atoms with E-state index >= 15 is 0 Å². The van der Waals surface area contributed by atoms with Crippen molar-refractivity contribution in [1.29, 1.82) is 0 Å². The number of pyridine rings is 1. The molecule has 4 heteroatoms. The Labute approximate surface area is 101 Å². The molecule has 1 aromatic heterocycles. The van der Waals surface area contributed by atoms with E-state index in [0.29, 0.717) is 23.9 Å². The third-order valence-electron chi connectivity index (χ3n) is 3.03. The molecule has 1 saturated heterocycles. The number of nitrogens with zero attached hydrogens (tertiary/aromatic N) is 1. The van der Waals surface area contributed by atoms with Gasteiger partial charge in [-0.3, -0.25) is 9.78 Å². The fourth-order valence-electron chi connectivity index (χ4n) is 2.06. The highest BCUT2D eigenvalue weighted by Gasteiger charge is 2.16. The lowest BCUT2D eigenvalue weighted by Gasteiger charge is -2.07. The molecule has 0 bridgehead atoms. The maximum Gasteiger partial charge on any atom is 0.181 e. The van der Waals surface area contributed by atoms with Crippen molar-refractivity contribution in [3.63, 3.8) is 0 Å². The molecule has 1 atom stereocenters. The number of Topliss-reactive ketones (excluding diaryl/α,β-unsaturated/α-hetero) is 1. The summed E-state index contributed by atoms with van der Waals surface area (Å²) in [6.45, 7) is 0.873. The Bertz CT molecular complexity index is 370. The predicted octanol–water partition coefficient (Wildman–Crippen LogP) is 2.20. The number of hydrogen-bond donors (Lipinski definition) is 1. The lowest BCUT2D eigenvalue weighted by Crippen LogP contribution is -2.07. The van der Waals surface area contributed by atoms with Crippen LogP contribution in [0.3, 0.4) is 0 Å². The quantitative estimate of drug-likeness (QED) is 0.793. The normalized spacial score (nSPS) is 19.4. The first-order valence-corrected chi connectivity index (χ1v) is 6.12. The minimum absolute atomic E-state index is 0.0861. The van der Waals surface area contributed by atoms with Gasteiger partial charge in [0.1, 0.15) is 5.69 Å². The zero-order valence-electron chi connectivity index (χ0n) is 9.89. The fraction of sp³-hybridized carbons (Fsp3) is 0.538. The van der Waals surface area contributed by atoms with Crippen LogP contribution < -0.4 is 5.73 Å². The maximum atomic E-state index is 11.8. The molecule has 0 radical (unpaired) electrons. The molecular weight excluding hydrogens is 216 g/mol. The summed E-state index contributed by atoms with van der Waals surface area (Å²) in [6, 6.07) is 3.39. The van der Waals surface area contributed by atoms with Crippen LogP contribution in [0, 0.1) is 0 Å². The molecule has 1 aromatic rings. The molecular formula is C13H18N2O2. The second-order valence-corrected chi connectivity index (χ2v) is 4.43. The Morgan fingerprint density at radius 2 is 2.41 bits per heavy atom. The largest absolute Gasteiger partial charge is 0.397 e. The molecule has 0 spiro atoms. The van der Waals surface area contributed by atoms with Crippen LogP contribution in [0.4, 0.5) is 5.69 Å². The van der Waals surface area contributed by atoms with Gasteiger partial charge in [-0.05, 0) is 37.8 Å². The average molecular weight is 234 g/mol. The Hall–Kier alpha value is -1.42. The maximum absolute atomic E-state index is 11.8. The lowest BCUT2D eigenvalue weighted by atomic mass is 10.1. The van der Waals surface area contributed by atoms with E-state index in [1.807, 2.05) is 0 Å². The van der Waals surface area contributed by atoms with Crippen molar-refractivity contribution in [3.8, 4) is 0 Å². The Morgan fingerprint density at radius 1 is 1.53 bits per heavy atom. The van der Waals surface area contributed by atoms with Gasteiger partial charge in [-0.1, -0.05) is 0 Å². The molecule has 2 heterocycles. The minimum atomic E-state index is 0.0861. The zero-order valence-corrected chi connectivity index (χ0v) is 9.89. The van der Waals surface area contributed by atoms with Gasteiger partial charge in [-0.25, -0.2) is 0 Å². The van der Waals surface area contributed by atoms with Crippen molar-refractivity contribution in [1.82, 2.24) is 4.98 Å². The van der Waals surface area contributed by atoms with E-state index in [0.717, 1.165) is 32.3 Å². The summed E-state index contributed by atoms with van der Waals surface area (Å²) in [5, 5.41) is 0. The highest BCUT2D eigenvalue weighted by atomic mass is 16.5. The van der Waals surface area contributed by atoms with Gasteiger partial charge in [-0.15, -0.1) is 0 Å². The van der Waals surface area contributed by atoms with E-state index in [2.05, 4.69) is 4.98 Å². The number of nitrogens with two attached hydrogens (primary N) is 1. The number of nitrogen functional groups attached to an aromatic ring is 1. The molecule has 1 aliphatic rings. The van der Waals surface area contributed by atoms with Crippen LogP contribution in [-0.4, -0.2) is 23.5 Å². The van der Waals surface area contributed by atoms with Gasteiger partial charge in [0.15, 0.2) is 5.78 Å². The molecule has 1 fully saturated rings. The first-order chi connectivity index (χ1) is 8.25. The van der Waals surface area contributed by atoms with Gasteiger partial charge >= 0.3 is 0 Å². The first kappa shape index (κ1) is 12.0. The highest BCUT2D eigenvalue weighted by molar-refractivity contribution is 5.94. The number of ether oxygens (including phenoxy) is 1. The summed E-state index contributed by atoms with van der Waals surface area (Å²) in [5.74, 6) is 0.0861. The van der Waals surface area contributed by atoms with Crippen LogP contribution in [0.1, 0.15) is 42.6 Å². The minimum Gasteiger partial charge on any atom is -0.397 e. The Balaban J connectivity index is 1.75. The molecule has 0 amide bonds. The summed E-state index contributed by atoms with van der Waals surface area (Å²) in [4.78, 5) is 15.8. The van der Waals surface area contributed by atoms with E-state index in [-0.39, 0.29) is 5.78 Å². The Kier molecular flexibility index (Phi) is 4.09. The number of rotatable bonds is 5. The van der Waals surface area contributed by atoms with E-state index in [9.17, 15) is 4.79 Å². The second-order valence-electron chi connectivity index (χ2n) is 4.43. The van der Waals surface area contributed by atoms with Crippen molar-refractivity contribution >= 4 is 11.5 Å². The molecule has 1 aliphatic heterocycles. The Morgan fingerprint density at radius 3 is 3.06 bits per heavy atom. The number of carbonyl (C=O) groups excluding carboxylic acids is 1. The molecule has 4 nitrogen and oxygen atoms in total. The van der Waals surface area contributed by atoms with Crippen LogP contribution in [0.2, 0.25) is 0 Å². The van der Waals surface area contributed by atoms with Crippen molar-refractivity contribution < 1.29 is 9.53 Å². The summed E-state index contributed by atoms with van der Waals surface area (Å²) < 4.78 is 5.51. The number of hydrogen-bond acceptors (Lipinski definition) is 4. The smallest absolute Gasteiger partial charge is 0.181 e. The lowest BCUT2D eigenvalue weighted by molar-refractivity contribution is 0.0919. The fourth-order valence-corrected chi connectivity index (χ4v) is 2.06. The third kappa shape index (κ3) is 3.53. The van der Waals surface area contributed by atoms with Crippen molar-refractivity contribution in [3.05, 3.63) is 24.0 Å². The zero-order chi connectivity index (χ0) is 12.1. The van der Waals surface area contributed by atoms with Crippen molar-refractivity contribution in [2.75, 3.05) is 12.3 Å². The predicted molar refractivity (Wildman–Crippen MR) is 65.8 cm³/mol. The van der Waals surface area contributed by atoms with Gasteiger partial charge in [0.05, 0.1) is 18.0 Å². The topological polar surface area (TPSA) is 65.2 Å². The van der Waals surface area contributed by atoms with E-state index < -0.39 is 0 Å². The summed E-state index contributed by atoms with van der Waals surface area (Å²) in [6.07, 6.45) is 6.55. The van der Waals surface area contributed by atoms with Crippen LogP contribution in [0.5, 0.6) is 0 Å². The number of anilines is 1. The molecule has 0 aromatic carbocycles. The molecule has 2 N–H and O–H groups in total. The molecule has 0 aliphatic carbocycles. The van der Waals surface area contributed by atoms with Crippen LogP contribution in [0.15, 0.2) is 18.3 Å². The number of carbonyl (C=O) groups is 1. The van der Waals surface area contributed by atoms with Crippen LogP contribution in [0.25, 0.3) is 0 Å². The number of ketones is 1. The van der Waals surface area contributed by atoms with Crippen molar-refractivity contribution in [2.45, 2.75) is 38.2 Å². The van der Waals surface area contributed by atoms with E-state index in [4.69, 9.17) is 10.5 Å². The van der Waals surface area contributed by atoms with Gasteiger partial charge < -0.3 is 10.5 Å². The SMILES string of the molecule is Nc1ccc(C(=O)CCCC2CCCO2)nc1. The molecule has 0 saturated carbocycles.